The lowest BCUT2D eigenvalue weighted by Crippen LogP contribution is -2.42. The van der Waals surface area contributed by atoms with Gasteiger partial charge in [-0.15, -0.1) is 0 Å². The number of thiazole rings is 1. The van der Waals surface area contributed by atoms with Crippen molar-refractivity contribution < 1.29 is 14.0 Å². The van der Waals surface area contributed by atoms with E-state index in [0.29, 0.717) is 29.6 Å². The van der Waals surface area contributed by atoms with E-state index in [-0.39, 0.29) is 35.6 Å². The zero-order valence-corrected chi connectivity index (χ0v) is 16.5. The summed E-state index contributed by atoms with van der Waals surface area (Å²) in [6, 6.07) is 6.02. The molecule has 2 aliphatic rings. The molecule has 0 aliphatic carbocycles. The Morgan fingerprint density at radius 1 is 1.29 bits per heavy atom. The van der Waals surface area contributed by atoms with Gasteiger partial charge in [-0.05, 0) is 17.7 Å². The third-order valence-corrected chi connectivity index (χ3v) is 6.32. The van der Waals surface area contributed by atoms with E-state index in [1.165, 1.54) is 34.6 Å². The van der Waals surface area contributed by atoms with E-state index < -0.39 is 0 Å². The molecule has 3 amide bonds. The summed E-state index contributed by atoms with van der Waals surface area (Å²) < 4.78 is 13.9. The van der Waals surface area contributed by atoms with E-state index in [9.17, 15) is 14.0 Å². The van der Waals surface area contributed by atoms with Crippen LogP contribution in [0.5, 0.6) is 0 Å². The Labute approximate surface area is 166 Å². The molecule has 28 heavy (non-hydrogen) atoms. The molecule has 0 saturated carbocycles. The highest BCUT2D eigenvalue weighted by atomic mass is 32.1. The van der Waals surface area contributed by atoms with Crippen molar-refractivity contribution in [1.82, 2.24) is 19.7 Å². The number of anilines is 1. The van der Waals surface area contributed by atoms with Gasteiger partial charge in [0.05, 0.1) is 12.2 Å². The number of urea groups is 1. The van der Waals surface area contributed by atoms with Crippen LogP contribution in [0.15, 0.2) is 30.5 Å². The lowest BCUT2D eigenvalue weighted by atomic mass is 9.89. The lowest BCUT2D eigenvalue weighted by Gasteiger charge is -2.31. The number of halogens is 1. The number of amides is 3. The number of likely N-dealkylation sites (tertiary alicyclic amines) is 2. The highest BCUT2D eigenvalue weighted by Gasteiger charge is 2.50. The number of nitrogens with two attached hydrogens (primary N) is 1. The van der Waals surface area contributed by atoms with Gasteiger partial charge in [-0.1, -0.05) is 23.5 Å². The third kappa shape index (κ3) is 3.19. The Hall–Kier alpha value is -2.68. The molecule has 3 atom stereocenters. The molecule has 0 unspecified atom stereocenters. The number of aromatic nitrogens is 1. The molecule has 148 valence electrons. The van der Waals surface area contributed by atoms with E-state index in [4.69, 9.17) is 5.73 Å². The molecule has 9 heteroatoms. The summed E-state index contributed by atoms with van der Waals surface area (Å²) in [6.07, 6.45) is 1.50. The molecule has 2 N–H and O–H groups in total. The monoisotopic (exact) mass is 403 g/mol. The van der Waals surface area contributed by atoms with E-state index in [1.54, 1.807) is 30.0 Å². The Bertz CT molecular complexity index is 917. The van der Waals surface area contributed by atoms with Crippen LogP contribution in [0.3, 0.4) is 0 Å². The van der Waals surface area contributed by atoms with Crippen LogP contribution in [-0.4, -0.2) is 65.4 Å². The van der Waals surface area contributed by atoms with Crippen LogP contribution in [0, 0.1) is 17.7 Å². The summed E-state index contributed by atoms with van der Waals surface area (Å²) >= 11 is 1.17. The normalized spacial score (nSPS) is 23.8. The van der Waals surface area contributed by atoms with Gasteiger partial charge in [0.25, 0.3) is 5.91 Å². The second-order valence-corrected chi connectivity index (χ2v) is 8.59. The number of carbonyl (C=O) groups is 2. The van der Waals surface area contributed by atoms with Crippen LogP contribution in [-0.2, 0) is 0 Å². The summed E-state index contributed by atoms with van der Waals surface area (Å²) in [7, 11) is 3.42. The van der Waals surface area contributed by atoms with Gasteiger partial charge in [-0.25, -0.2) is 14.2 Å². The first-order chi connectivity index (χ1) is 13.3. The topological polar surface area (TPSA) is 82.8 Å². The third-order valence-electron chi connectivity index (χ3n) is 5.50. The number of hydrogen-bond donors (Lipinski definition) is 1. The van der Waals surface area contributed by atoms with Crippen molar-refractivity contribution in [2.24, 2.45) is 11.8 Å². The second-order valence-electron chi connectivity index (χ2n) is 7.53. The van der Waals surface area contributed by atoms with E-state index >= 15 is 0 Å². The predicted molar refractivity (Wildman–Crippen MR) is 104 cm³/mol. The van der Waals surface area contributed by atoms with Crippen LogP contribution in [0.2, 0.25) is 0 Å². The lowest BCUT2D eigenvalue weighted by molar-refractivity contribution is 0.0771. The minimum Gasteiger partial charge on any atom is -0.375 e. The van der Waals surface area contributed by atoms with Gasteiger partial charge in [-0.3, -0.25) is 4.79 Å². The molecule has 1 aromatic carbocycles. The zero-order chi connectivity index (χ0) is 20.0. The Morgan fingerprint density at radius 3 is 2.71 bits per heavy atom. The molecule has 2 aromatic rings. The van der Waals surface area contributed by atoms with Gasteiger partial charge in [0.15, 0.2) is 5.13 Å². The van der Waals surface area contributed by atoms with E-state index in [0.717, 1.165) is 5.56 Å². The average molecular weight is 403 g/mol. The van der Waals surface area contributed by atoms with Gasteiger partial charge in [0, 0.05) is 45.6 Å². The number of rotatable bonds is 2. The van der Waals surface area contributed by atoms with E-state index in [2.05, 4.69) is 4.98 Å². The summed E-state index contributed by atoms with van der Waals surface area (Å²) in [5.41, 5.74) is 6.41. The van der Waals surface area contributed by atoms with Crippen LogP contribution in [0.25, 0.3) is 0 Å². The largest absolute Gasteiger partial charge is 0.375 e. The molecule has 1 aromatic heterocycles. The fourth-order valence-corrected chi connectivity index (χ4v) is 4.98. The number of fused-ring (bicyclic) bond motifs is 1. The Morgan fingerprint density at radius 2 is 2.07 bits per heavy atom. The van der Waals surface area contributed by atoms with Crippen molar-refractivity contribution in [3.05, 3.63) is 46.7 Å². The number of carbonyl (C=O) groups excluding carboxylic acids is 2. The van der Waals surface area contributed by atoms with Crippen molar-refractivity contribution in [3.8, 4) is 0 Å². The number of nitrogens with zero attached hydrogens (tertiary/aromatic N) is 4. The first-order valence-corrected chi connectivity index (χ1v) is 9.90. The molecule has 7 nitrogen and oxygen atoms in total. The fourth-order valence-electron chi connectivity index (χ4n) is 4.32. The maximum atomic E-state index is 13.9. The molecule has 0 bridgehead atoms. The fraction of sp³-hybridized carbons (Fsp3) is 0.421. The molecular weight excluding hydrogens is 381 g/mol. The minimum absolute atomic E-state index is 0.0555. The quantitative estimate of drug-likeness (QED) is 0.834. The van der Waals surface area contributed by atoms with Crippen LogP contribution in [0.1, 0.15) is 21.3 Å². The minimum atomic E-state index is -0.329. The van der Waals surface area contributed by atoms with Gasteiger partial charge in [0.2, 0.25) is 0 Å². The van der Waals surface area contributed by atoms with Crippen molar-refractivity contribution in [1.29, 1.82) is 0 Å². The number of hydrogen-bond acceptors (Lipinski definition) is 5. The molecule has 2 fully saturated rings. The summed E-state index contributed by atoms with van der Waals surface area (Å²) in [6.45, 7) is 1.61. The number of nitrogen functional groups attached to an aromatic ring is 1. The van der Waals surface area contributed by atoms with Crippen LogP contribution in [0.4, 0.5) is 14.3 Å². The predicted octanol–water partition coefficient (Wildman–Crippen LogP) is 2.29. The summed E-state index contributed by atoms with van der Waals surface area (Å²) in [4.78, 5) is 35.2. The molecule has 2 aliphatic heterocycles. The van der Waals surface area contributed by atoms with Crippen molar-refractivity contribution >= 4 is 28.4 Å². The first-order valence-electron chi connectivity index (χ1n) is 9.09. The van der Waals surface area contributed by atoms with Gasteiger partial charge >= 0.3 is 6.03 Å². The standard InChI is InChI=1S/C19H22FN5O2S/c1-23(2)19(27)25-9-12-8-24(17(26)15-7-22-18(21)28-15)10-14(12)16(25)11-4-3-5-13(20)6-11/h3-7,12,14,16H,8-10H2,1-2H3,(H2,21,22)/t12-,14-,16+/m1/s1. The maximum Gasteiger partial charge on any atom is 0.320 e. The highest BCUT2D eigenvalue weighted by Crippen LogP contribution is 2.45. The average Bonchev–Trinajstić information content (AvgIpc) is 3.34. The first kappa shape index (κ1) is 18.7. The Kier molecular flexibility index (Phi) is 4.70. The zero-order valence-electron chi connectivity index (χ0n) is 15.7. The highest BCUT2D eigenvalue weighted by molar-refractivity contribution is 7.17. The molecule has 2 saturated heterocycles. The van der Waals surface area contributed by atoms with Crippen LogP contribution >= 0.6 is 11.3 Å². The van der Waals surface area contributed by atoms with Crippen molar-refractivity contribution in [2.75, 3.05) is 39.5 Å². The number of benzene rings is 1. The summed E-state index contributed by atoms with van der Waals surface area (Å²) in [5.74, 6) is -0.220. The van der Waals surface area contributed by atoms with Gasteiger partial charge < -0.3 is 20.4 Å². The Balaban J connectivity index is 1.62. The molecule has 4 rings (SSSR count). The van der Waals surface area contributed by atoms with E-state index in [1.807, 2.05) is 6.07 Å². The molecular formula is C19H22FN5O2S. The van der Waals surface area contributed by atoms with Gasteiger partial charge in [-0.2, -0.15) is 0 Å². The molecule has 0 spiro atoms. The molecule has 3 heterocycles. The SMILES string of the molecule is CN(C)C(=O)N1C[C@H]2CN(C(=O)c3cnc(N)s3)C[C@H]2[C@@H]1c1cccc(F)c1. The maximum absolute atomic E-state index is 13.9. The smallest absolute Gasteiger partial charge is 0.320 e. The summed E-state index contributed by atoms with van der Waals surface area (Å²) in [5, 5.41) is 0.364. The molecule has 0 radical (unpaired) electrons. The van der Waals surface area contributed by atoms with Gasteiger partial charge in [0.1, 0.15) is 10.7 Å². The second kappa shape index (κ2) is 7.05. The van der Waals surface area contributed by atoms with Crippen molar-refractivity contribution in [3.63, 3.8) is 0 Å². The van der Waals surface area contributed by atoms with Crippen LogP contribution < -0.4 is 5.73 Å². The van der Waals surface area contributed by atoms with Crippen molar-refractivity contribution in [2.45, 2.75) is 6.04 Å².